The second-order valence-electron chi connectivity index (χ2n) is 6.70. The van der Waals surface area contributed by atoms with Crippen LogP contribution in [-0.4, -0.2) is 34.2 Å². The summed E-state index contributed by atoms with van der Waals surface area (Å²) in [6.45, 7) is 0. The van der Waals surface area contributed by atoms with Gasteiger partial charge in [0.15, 0.2) is 0 Å². The Kier molecular flexibility index (Phi) is 5.75. The van der Waals surface area contributed by atoms with Crippen LogP contribution >= 0.6 is 0 Å². The van der Waals surface area contributed by atoms with Crippen LogP contribution in [0.15, 0.2) is 90.2 Å². The van der Waals surface area contributed by atoms with E-state index in [4.69, 9.17) is 14.9 Å². The molecule has 0 aliphatic rings. The molecule has 3 aromatic carbocycles. The quantitative estimate of drug-likeness (QED) is 0.340. The van der Waals surface area contributed by atoms with Gasteiger partial charge in [-0.15, -0.1) is 0 Å². The Bertz CT molecular complexity index is 1220. The zero-order valence-corrected chi connectivity index (χ0v) is 16.8. The number of hydrogen-bond donors (Lipinski definition) is 2. The molecule has 7 nitrogen and oxygen atoms in total. The van der Waals surface area contributed by atoms with Crippen molar-refractivity contribution in [2.45, 2.75) is 0 Å². The Labute approximate surface area is 179 Å². The van der Waals surface area contributed by atoms with E-state index in [1.54, 1.807) is 30.1 Å². The first-order chi connectivity index (χ1) is 15.1. The van der Waals surface area contributed by atoms with Crippen molar-refractivity contribution in [3.63, 3.8) is 0 Å². The largest absolute Gasteiger partial charge is 0.497 e. The first kappa shape index (κ1) is 19.9. The maximum atomic E-state index is 11.1. The molecule has 0 saturated heterocycles. The van der Waals surface area contributed by atoms with E-state index in [0.717, 1.165) is 28.3 Å². The van der Waals surface area contributed by atoms with E-state index in [0.29, 0.717) is 5.69 Å². The molecule has 0 unspecified atom stereocenters. The number of aromatic carboxylic acids is 1. The number of carboxylic acid groups (broad SMARTS) is 1. The molecule has 0 aliphatic carbocycles. The van der Waals surface area contributed by atoms with E-state index < -0.39 is 5.97 Å². The summed E-state index contributed by atoms with van der Waals surface area (Å²) in [5.74, 6) is -0.222. The lowest BCUT2D eigenvalue weighted by molar-refractivity contribution is 0.0697. The van der Waals surface area contributed by atoms with Crippen LogP contribution in [0.5, 0.6) is 5.75 Å². The number of hydrogen-bond acceptors (Lipinski definition) is 5. The number of aromatic nitrogens is 2. The number of methoxy groups -OCH3 is 1. The third-order valence-electron chi connectivity index (χ3n) is 4.63. The SMILES string of the molecule is COc1ccc(-c2nn(-c3ccccc3)cc2/C=N\Nc2cccc(C(=O)O)c2)cc1. The Morgan fingerprint density at radius 3 is 2.55 bits per heavy atom. The number of anilines is 1. The second-order valence-corrected chi connectivity index (χ2v) is 6.70. The van der Waals surface area contributed by atoms with Gasteiger partial charge in [-0.3, -0.25) is 5.43 Å². The van der Waals surface area contributed by atoms with Crippen molar-refractivity contribution in [3.8, 4) is 22.7 Å². The average Bonchev–Trinajstić information content (AvgIpc) is 3.24. The number of ether oxygens (including phenoxy) is 1. The maximum absolute atomic E-state index is 11.1. The summed E-state index contributed by atoms with van der Waals surface area (Å²) >= 11 is 0. The summed E-state index contributed by atoms with van der Waals surface area (Å²) in [7, 11) is 1.63. The molecule has 0 saturated carbocycles. The number of benzene rings is 3. The van der Waals surface area contributed by atoms with E-state index >= 15 is 0 Å². The van der Waals surface area contributed by atoms with Crippen molar-refractivity contribution in [2.24, 2.45) is 5.10 Å². The molecule has 0 bridgehead atoms. The smallest absolute Gasteiger partial charge is 0.335 e. The molecule has 31 heavy (non-hydrogen) atoms. The van der Waals surface area contributed by atoms with Gasteiger partial charge in [0, 0.05) is 17.3 Å². The molecule has 154 valence electrons. The van der Waals surface area contributed by atoms with Crippen LogP contribution in [0, 0.1) is 0 Å². The van der Waals surface area contributed by atoms with Gasteiger partial charge in [-0.25, -0.2) is 9.48 Å². The molecule has 0 aliphatic heterocycles. The molecule has 0 radical (unpaired) electrons. The Morgan fingerprint density at radius 1 is 1.06 bits per heavy atom. The number of rotatable bonds is 7. The van der Waals surface area contributed by atoms with E-state index in [9.17, 15) is 4.79 Å². The summed E-state index contributed by atoms with van der Waals surface area (Å²) in [6.07, 6.45) is 3.56. The predicted molar refractivity (Wildman–Crippen MR) is 120 cm³/mol. The van der Waals surface area contributed by atoms with E-state index in [1.165, 1.54) is 12.1 Å². The summed E-state index contributed by atoms with van der Waals surface area (Å²) in [5, 5.41) is 18.2. The van der Waals surface area contributed by atoms with Gasteiger partial charge in [0.25, 0.3) is 0 Å². The van der Waals surface area contributed by atoms with Gasteiger partial charge < -0.3 is 9.84 Å². The molecular formula is C24H20N4O3. The zero-order chi connectivity index (χ0) is 21.6. The van der Waals surface area contributed by atoms with Crippen LogP contribution in [0.2, 0.25) is 0 Å². The van der Waals surface area contributed by atoms with Crippen molar-refractivity contribution < 1.29 is 14.6 Å². The molecule has 7 heteroatoms. The Balaban J connectivity index is 1.66. The van der Waals surface area contributed by atoms with Gasteiger partial charge in [-0.2, -0.15) is 10.2 Å². The van der Waals surface area contributed by atoms with Gasteiger partial charge in [0.1, 0.15) is 11.4 Å². The number of nitrogens with one attached hydrogen (secondary N) is 1. The van der Waals surface area contributed by atoms with Crippen LogP contribution < -0.4 is 10.2 Å². The van der Waals surface area contributed by atoms with Gasteiger partial charge in [-0.05, 0) is 54.6 Å². The molecule has 2 N–H and O–H groups in total. The highest BCUT2D eigenvalue weighted by Crippen LogP contribution is 2.25. The molecule has 1 heterocycles. The average molecular weight is 412 g/mol. The van der Waals surface area contributed by atoms with Crippen LogP contribution in [0.3, 0.4) is 0 Å². The van der Waals surface area contributed by atoms with Gasteiger partial charge >= 0.3 is 5.97 Å². The van der Waals surface area contributed by atoms with Crippen LogP contribution in [-0.2, 0) is 0 Å². The Hall–Kier alpha value is -4.39. The minimum Gasteiger partial charge on any atom is -0.497 e. The van der Waals surface area contributed by atoms with Crippen LogP contribution in [0.1, 0.15) is 15.9 Å². The second kappa shape index (κ2) is 8.96. The number of hydrazone groups is 1. The minimum atomic E-state index is -0.987. The monoisotopic (exact) mass is 412 g/mol. The lowest BCUT2D eigenvalue weighted by atomic mass is 10.1. The van der Waals surface area contributed by atoms with E-state index in [2.05, 4.69) is 10.5 Å². The van der Waals surface area contributed by atoms with Crippen LogP contribution in [0.25, 0.3) is 16.9 Å². The first-order valence-electron chi connectivity index (χ1n) is 9.56. The highest BCUT2D eigenvalue weighted by molar-refractivity contribution is 5.90. The van der Waals surface area contributed by atoms with Gasteiger partial charge in [0.2, 0.25) is 0 Å². The fraction of sp³-hybridized carbons (Fsp3) is 0.0417. The fourth-order valence-corrected chi connectivity index (χ4v) is 3.07. The first-order valence-corrected chi connectivity index (χ1v) is 9.56. The molecule has 0 spiro atoms. The fourth-order valence-electron chi connectivity index (χ4n) is 3.07. The third kappa shape index (κ3) is 4.62. The summed E-state index contributed by atoms with van der Waals surface area (Å²) in [4.78, 5) is 11.1. The number of carboxylic acids is 1. The predicted octanol–water partition coefficient (Wildman–Crippen LogP) is 4.69. The molecule has 0 fully saturated rings. The minimum absolute atomic E-state index is 0.191. The van der Waals surface area contributed by atoms with Crippen LogP contribution in [0.4, 0.5) is 5.69 Å². The lowest BCUT2D eigenvalue weighted by Gasteiger charge is -2.03. The molecule has 4 rings (SSSR count). The molecule has 0 amide bonds. The van der Waals surface area contributed by atoms with Crippen molar-refractivity contribution >= 4 is 17.9 Å². The van der Waals surface area contributed by atoms with Gasteiger partial charge in [-0.1, -0.05) is 24.3 Å². The van der Waals surface area contributed by atoms with E-state index in [1.807, 2.05) is 60.8 Å². The van der Waals surface area contributed by atoms with Crippen molar-refractivity contribution in [1.82, 2.24) is 9.78 Å². The van der Waals surface area contributed by atoms with Crippen molar-refractivity contribution in [3.05, 3.63) is 96.2 Å². The highest BCUT2D eigenvalue weighted by Gasteiger charge is 2.11. The zero-order valence-electron chi connectivity index (χ0n) is 16.8. The molecular weight excluding hydrogens is 392 g/mol. The van der Waals surface area contributed by atoms with Gasteiger partial charge in [0.05, 0.1) is 30.3 Å². The topological polar surface area (TPSA) is 88.7 Å². The van der Waals surface area contributed by atoms with Crippen molar-refractivity contribution in [1.29, 1.82) is 0 Å². The summed E-state index contributed by atoms with van der Waals surface area (Å²) in [5.41, 5.74) is 7.07. The molecule has 4 aromatic rings. The summed E-state index contributed by atoms with van der Waals surface area (Å²) in [6, 6.07) is 23.9. The lowest BCUT2D eigenvalue weighted by Crippen LogP contribution is -1.97. The Morgan fingerprint density at radius 2 is 1.84 bits per heavy atom. The third-order valence-corrected chi connectivity index (χ3v) is 4.63. The maximum Gasteiger partial charge on any atom is 0.335 e. The molecule has 1 aromatic heterocycles. The standard InChI is InChI=1S/C24H20N4O3/c1-31-22-12-10-17(11-13-22)23-19(16-28(27-23)21-8-3-2-4-9-21)15-25-26-20-7-5-6-18(14-20)24(29)30/h2-16,26H,1H3,(H,29,30)/b25-15-. The number of para-hydroxylation sites is 1. The van der Waals surface area contributed by atoms with E-state index in [-0.39, 0.29) is 5.56 Å². The number of nitrogens with zero attached hydrogens (tertiary/aromatic N) is 3. The van der Waals surface area contributed by atoms with Crippen molar-refractivity contribution in [2.75, 3.05) is 12.5 Å². The summed E-state index contributed by atoms with van der Waals surface area (Å²) < 4.78 is 7.04. The normalized spacial score (nSPS) is 10.9. The number of carbonyl (C=O) groups is 1. The molecule has 0 atom stereocenters. The highest BCUT2D eigenvalue weighted by atomic mass is 16.5.